The third-order valence-corrected chi connectivity index (χ3v) is 4.07. The van der Waals surface area contributed by atoms with Gasteiger partial charge in [0.2, 0.25) is 0 Å². The van der Waals surface area contributed by atoms with E-state index in [1.165, 1.54) is 18.4 Å². The number of halogens is 3. The maximum atomic E-state index is 6.12. The molecule has 0 atom stereocenters. The molecule has 0 bridgehead atoms. The Kier molecular flexibility index (Phi) is 4.23. The van der Waals surface area contributed by atoms with Crippen molar-refractivity contribution in [2.24, 2.45) is 0 Å². The molecule has 3 rings (SSSR count). The molecule has 1 fully saturated rings. The Balaban J connectivity index is 1.97. The van der Waals surface area contributed by atoms with Gasteiger partial charge in [-0.1, -0.05) is 40.9 Å². The second-order valence-corrected chi connectivity index (χ2v) is 6.42. The van der Waals surface area contributed by atoms with E-state index in [2.05, 4.69) is 5.32 Å². The van der Waals surface area contributed by atoms with E-state index in [-0.39, 0.29) is 0 Å². The highest BCUT2D eigenvalue weighted by Crippen LogP contribution is 2.31. The van der Waals surface area contributed by atoms with Crippen molar-refractivity contribution in [3.8, 4) is 11.1 Å². The Bertz CT molecular complexity index is 615. The second kappa shape index (κ2) is 5.95. The van der Waals surface area contributed by atoms with Gasteiger partial charge >= 0.3 is 0 Å². The fourth-order valence-electron chi connectivity index (χ4n) is 2.24. The zero-order chi connectivity index (χ0) is 14.1. The zero-order valence-electron chi connectivity index (χ0n) is 10.8. The largest absolute Gasteiger partial charge is 0.310 e. The molecule has 1 nitrogen and oxygen atoms in total. The van der Waals surface area contributed by atoms with Crippen molar-refractivity contribution >= 4 is 34.8 Å². The molecule has 4 heteroatoms. The van der Waals surface area contributed by atoms with Crippen LogP contribution in [-0.2, 0) is 6.54 Å². The summed E-state index contributed by atoms with van der Waals surface area (Å²) in [5.41, 5.74) is 3.31. The van der Waals surface area contributed by atoms with Gasteiger partial charge in [0.05, 0.1) is 0 Å². The first-order valence-corrected chi connectivity index (χ1v) is 7.73. The second-order valence-electron chi connectivity index (χ2n) is 5.11. The third-order valence-electron chi connectivity index (χ3n) is 3.40. The minimum absolute atomic E-state index is 0.642. The standard InChI is InChI=1S/C16H14Cl3N/c17-12-1-4-16(10-5-13(18)8-14(19)6-10)11(7-12)9-20-15-2-3-15/h1,4-8,15,20H,2-3,9H2. The van der Waals surface area contributed by atoms with Gasteiger partial charge < -0.3 is 5.32 Å². The van der Waals surface area contributed by atoms with Crippen molar-refractivity contribution in [1.29, 1.82) is 0 Å². The summed E-state index contributed by atoms with van der Waals surface area (Å²) >= 11 is 18.3. The molecule has 1 N–H and O–H groups in total. The zero-order valence-corrected chi connectivity index (χ0v) is 13.1. The lowest BCUT2D eigenvalue weighted by molar-refractivity contribution is 0.689. The van der Waals surface area contributed by atoms with Crippen molar-refractivity contribution in [3.63, 3.8) is 0 Å². The normalized spacial score (nSPS) is 14.6. The van der Waals surface area contributed by atoms with Gasteiger partial charge in [-0.15, -0.1) is 0 Å². The molecule has 0 radical (unpaired) electrons. The average molecular weight is 327 g/mol. The quantitative estimate of drug-likeness (QED) is 0.775. The van der Waals surface area contributed by atoms with E-state index in [0.717, 1.165) is 22.7 Å². The SMILES string of the molecule is Clc1cc(Cl)cc(-c2ccc(Cl)cc2CNC2CC2)c1. The molecule has 0 aliphatic heterocycles. The summed E-state index contributed by atoms with van der Waals surface area (Å²) in [7, 11) is 0. The monoisotopic (exact) mass is 325 g/mol. The minimum Gasteiger partial charge on any atom is -0.310 e. The van der Waals surface area contributed by atoms with Crippen LogP contribution in [-0.4, -0.2) is 6.04 Å². The fraction of sp³-hybridized carbons (Fsp3) is 0.250. The molecule has 0 aromatic heterocycles. The Labute approximate surface area is 133 Å². The predicted molar refractivity (Wildman–Crippen MR) is 86.8 cm³/mol. The molecule has 0 spiro atoms. The lowest BCUT2D eigenvalue weighted by Gasteiger charge is -2.12. The molecule has 0 unspecified atom stereocenters. The highest BCUT2D eigenvalue weighted by Gasteiger charge is 2.20. The average Bonchev–Trinajstić information content (AvgIpc) is 3.19. The molecule has 2 aromatic rings. The summed E-state index contributed by atoms with van der Waals surface area (Å²) in [4.78, 5) is 0. The Morgan fingerprint density at radius 1 is 0.900 bits per heavy atom. The van der Waals surface area contributed by atoms with Crippen LogP contribution < -0.4 is 5.32 Å². The highest BCUT2D eigenvalue weighted by atomic mass is 35.5. The summed E-state index contributed by atoms with van der Waals surface area (Å²) < 4.78 is 0. The fourth-order valence-corrected chi connectivity index (χ4v) is 2.96. The number of rotatable bonds is 4. The van der Waals surface area contributed by atoms with Crippen molar-refractivity contribution < 1.29 is 0 Å². The summed E-state index contributed by atoms with van der Waals surface area (Å²) in [5.74, 6) is 0. The number of hydrogen-bond acceptors (Lipinski definition) is 1. The van der Waals surface area contributed by atoms with Crippen molar-refractivity contribution in [1.82, 2.24) is 5.32 Å². The molecule has 20 heavy (non-hydrogen) atoms. The van der Waals surface area contributed by atoms with E-state index < -0.39 is 0 Å². The van der Waals surface area contributed by atoms with Crippen LogP contribution in [0.3, 0.4) is 0 Å². The number of benzene rings is 2. The number of nitrogens with one attached hydrogen (secondary N) is 1. The Hall–Kier alpha value is -0.730. The van der Waals surface area contributed by atoms with Gasteiger partial charge in [0.25, 0.3) is 0 Å². The van der Waals surface area contributed by atoms with Crippen LogP contribution in [0.5, 0.6) is 0 Å². The molecule has 1 saturated carbocycles. The van der Waals surface area contributed by atoms with Crippen LogP contribution in [0, 0.1) is 0 Å². The van der Waals surface area contributed by atoms with Gasteiger partial charge in [-0.3, -0.25) is 0 Å². The van der Waals surface area contributed by atoms with Crippen LogP contribution >= 0.6 is 34.8 Å². The maximum Gasteiger partial charge on any atom is 0.0426 e. The third kappa shape index (κ3) is 3.48. The maximum absolute atomic E-state index is 6.12. The summed E-state index contributed by atoms with van der Waals surface area (Å²) in [5, 5.41) is 5.54. The first kappa shape index (κ1) is 14.2. The molecule has 0 amide bonds. The molecule has 0 saturated heterocycles. The smallest absolute Gasteiger partial charge is 0.0426 e. The van der Waals surface area contributed by atoms with Crippen LogP contribution in [0.15, 0.2) is 36.4 Å². The van der Waals surface area contributed by atoms with E-state index in [0.29, 0.717) is 16.1 Å². The summed E-state index contributed by atoms with van der Waals surface area (Å²) in [6, 6.07) is 12.2. The van der Waals surface area contributed by atoms with Gasteiger partial charge in [-0.2, -0.15) is 0 Å². The molecule has 1 aliphatic carbocycles. The molecule has 2 aromatic carbocycles. The van der Waals surface area contributed by atoms with Crippen molar-refractivity contribution in [2.45, 2.75) is 25.4 Å². The number of hydrogen-bond donors (Lipinski definition) is 1. The van der Waals surface area contributed by atoms with E-state index in [1.54, 1.807) is 6.07 Å². The predicted octanol–water partition coefficient (Wildman–Crippen LogP) is 5.57. The Morgan fingerprint density at radius 3 is 2.25 bits per heavy atom. The lowest BCUT2D eigenvalue weighted by atomic mass is 9.99. The van der Waals surface area contributed by atoms with E-state index >= 15 is 0 Å². The Morgan fingerprint density at radius 2 is 1.60 bits per heavy atom. The molecular formula is C16H14Cl3N. The molecule has 104 valence electrons. The molecular weight excluding hydrogens is 313 g/mol. The van der Waals surface area contributed by atoms with E-state index in [9.17, 15) is 0 Å². The van der Waals surface area contributed by atoms with E-state index in [1.807, 2.05) is 30.3 Å². The van der Waals surface area contributed by atoms with Crippen LogP contribution in [0.4, 0.5) is 0 Å². The van der Waals surface area contributed by atoms with Gasteiger partial charge in [0.15, 0.2) is 0 Å². The van der Waals surface area contributed by atoms with Gasteiger partial charge in [-0.25, -0.2) is 0 Å². The van der Waals surface area contributed by atoms with Crippen LogP contribution in [0.1, 0.15) is 18.4 Å². The van der Waals surface area contributed by atoms with Crippen molar-refractivity contribution in [3.05, 3.63) is 57.0 Å². The van der Waals surface area contributed by atoms with Gasteiger partial charge in [0.1, 0.15) is 0 Å². The highest BCUT2D eigenvalue weighted by molar-refractivity contribution is 6.35. The first-order valence-electron chi connectivity index (χ1n) is 6.60. The minimum atomic E-state index is 0.642. The topological polar surface area (TPSA) is 12.0 Å². The van der Waals surface area contributed by atoms with Crippen LogP contribution in [0.25, 0.3) is 11.1 Å². The van der Waals surface area contributed by atoms with Gasteiger partial charge in [0, 0.05) is 27.7 Å². The van der Waals surface area contributed by atoms with Crippen LogP contribution in [0.2, 0.25) is 15.1 Å². The first-order chi connectivity index (χ1) is 9.61. The summed E-state index contributed by atoms with van der Waals surface area (Å²) in [6.45, 7) is 0.810. The van der Waals surface area contributed by atoms with E-state index in [4.69, 9.17) is 34.8 Å². The lowest BCUT2D eigenvalue weighted by Crippen LogP contribution is -2.15. The van der Waals surface area contributed by atoms with Crippen molar-refractivity contribution in [2.75, 3.05) is 0 Å². The molecule has 0 heterocycles. The molecule has 1 aliphatic rings. The van der Waals surface area contributed by atoms with Gasteiger partial charge in [-0.05, 0) is 59.9 Å². The summed E-state index contributed by atoms with van der Waals surface area (Å²) in [6.07, 6.45) is 2.53.